The molecular weight excluding hydrogens is 330 g/mol. The molecule has 1 aromatic carbocycles. The van der Waals surface area contributed by atoms with Crippen molar-refractivity contribution in [3.05, 3.63) is 57.4 Å². The van der Waals surface area contributed by atoms with E-state index in [4.69, 9.17) is 0 Å². The van der Waals surface area contributed by atoms with Gasteiger partial charge in [0, 0.05) is 25.2 Å². The molecule has 134 valence electrons. The number of aryl methyl sites for hydroxylation is 3. The summed E-state index contributed by atoms with van der Waals surface area (Å²) in [7, 11) is 1.86. The lowest BCUT2D eigenvalue weighted by Crippen LogP contribution is -2.35. The molecule has 0 unspecified atom stereocenters. The highest BCUT2D eigenvalue weighted by atomic mass is 16.2. The first-order valence-electron chi connectivity index (χ1n) is 8.75. The summed E-state index contributed by atoms with van der Waals surface area (Å²) in [6, 6.07) is 5.53. The fourth-order valence-corrected chi connectivity index (χ4v) is 3.70. The molecule has 1 fully saturated rings. The molecule has 2 aromatic heterocycles. The monoisotopic (exact) mass is 351 g/mol. The number of aromatic nitrogens is 4. The predicted molar refractivity (Wildman–Crippen MR) is 98.1 cm³/mol. The number of pyridine rings is 1. The number of nitrogens with one attached hydrogen (secondary N) is 1. The van der Waals surface area contributed by atoms with E-state index in [1.807, 2.05) is 43.7 Å². The van der Waals surface area contributed by atoms with Gasteiger partial charge in [-0.15, -0.1) is 0 Å². The molecule has 4 rings (SSSR count). The molecule has 7 heteroatoms. The zero-order chi connectivity index (χ0) is 18.4. The van der Waals surface area contributed by atoms with Gasteiger partial charge in [-0.2, -0.15) is 5.10 Å². The van der Waals surface area contributed by atoms with Gasteiger partial charge in [-0.1, -0.05) is 11.6 Å². The Morgan fingerprint density at radius 3 is 2.85 bits per heavy atom. The number of benzene rings is 1. The summed E-state index contributed by atoms with van der Waals surface area (Å²) < 4.78 is 1.84. The number of hydrogen-bond acceptors (Lipinski definition) is 4. The Labute approximate surface area is 150 Å². The molecule has 1 atom stereocenters. The number of hydrogen-bond donors (Lipinski definition) is 1. The second-order valence-electron chi connectivity index (χ2n) is 6.94. The molecule has 0 radical (unpaired) electrons. The van der Waals surface area contributed by atoms with Gasteiger partial charge in [0.25, 0.3) is 5.91 Å². The Morgan fingerprint density at radius 2 is 2.12 bits per heavy atom. The largest absolute Gasteiger partial charge is 0.350 e. The molecule has 1 N–H and O–H groups in total. The van der Waals surface area contributed by atoms with Crippen molar-refractivity contribution in [2.24, 2.45) is 7.05 Å². The molecule has 0 spiro atoms. The van der Waals surface area contributed by atoms with Gasteiger partial charge in [-0.25, -0.2) is 4.98 Å². The number of amides is 1. The lowest BCUT2D eigenvalue weighted by atomic mass is 10.1. The third-order valence-corrected chi connectivity index (χ3v) is 5.00. The van der Waals surface area contributed by atoms with Crippen molar-refractivity contribution in [1.82, 2.24) is 24.6 Å². The molecule has 26 heavy (non-hydrogen) atoms. The summed E-state index contributed by atoms with van der Waals surface area (Å²) in [5.41, 5.74) is 1.79. The minimum atomic E-state index is -0.251. The van der Waals surface area contributed by atoms with Crippen molar-refractivity contribution < 1.29 is 4.79 Å². The predicted octanol–water partition coefficient (Wildman–Crippen LogP) is 2.25. The third-order valence-electron chi connectivity index (χ3n) is 5.00. The van der Waals surface area contributed by atoms with Gasteiger partial charge in [0.1, 0.15) is 11.4 Å². The van der Waals surface area contributed by atoms with E-state index in [2.05, 4.69) is 15.2 Å². The van der Waals surface area contributed by atoms with E-state index in [0.29, 0.717) is 17.8 Å². The van der Waals surface area contributed by atoms with Crippen LogP contribution in [-0.2, 0) is 7.05 Å². The van der Waals surface area contributed by atoms with E-state index in [1.54, 1.807) is 11.1 Å². The summed E-state index contributed by atoms with van der Waals surface area (Å²) >= 11 is 0. The van der Waals surface area contributed by atoms with Gasteiger partial charge in [0.05, 0.1) is 11.6 Å². The van der Waals surface area contributed by atoms with Crippen molar-refractivity contribution in [3.63, 3.8) is 0 Å². The summed E-state index contributed by atoms with van der Waals surface area (Å²) in [5, 5.41) is 7.62. The van der Waals surface area contributed by atoms with Crippen LogP contribution in [0.2, 0.25) is 0 Å². The smallest absolute Gasteiger partial charge is 0.259 e. The fraction of sp³-hybridized carbons (Fsp3) is 0.368. The molecule has 1 saturated heterocycles. The summed E-state index contributed by atoms with van der Waals surface area (Å²) in [4.78, 5) is 32.3. The topological polar surface area (TPSA) is 83.9 Å². The molecule has 3 aromatic rings. The molecule has 3 heterocycles. The van der Waals surface area contributed by atoms with E-state index < -0.39 is 0 Å². The SMILES string of the molecule is Cc1ccc2c(c1)c(=O)c(C(=O)N1CCC[C@@H]1c1n[nH]c(C)n1)cn2C. The van der Waals surface area contributed by atoms with Crippen LogP contribution in [0.25, 0.3) is 10.9 Å². The van der Waals surface area contributed by atoms with Crippen molar-refractivity contribution in [1.29, 1.82) is 0 Å². The zero-order valence-electron chi connectivity index (χ0n) is 15.1. The molecule has 0 bridgehead atoms. The number of carbonyl (C=O) groups is 1. The molecular formula is C19H21N5O2. The van der Waals surface area contributed by atoms with Crippen LogP contribution in [0.4, 0.5) is 0 Å². The maximum absolute atomic E-state index is 13.2. The van der Waals surface area contributed by atoms with Crippen LogP contribution in [0.5, 0.6) is 0 Å². The first-order chi connectivity index (χ1) is 12.5. The third kappa shape index (κ3) is 2.60. The molecule has 7 nitrogen and oxygen atoms in total. The first-order valence-corrected chi connectivity index (χ1v) is 8.75. The van der Waals surface area contributed by atoms with Crippen LogP contribution in [0.3, 0.4) is 0 Å². The minimum Gasteiger partial charge on any atom is -0.350 e. The van der Waals surface area contributed by atoms with Gasteiger partial charge >= 0.3 is 0 Å². The number of aromatic amines is 1. The van der Waals surface area contributed by atoms with Crippen molar-refractivity contribution in [2.75, 3.05) is 6.54 Å². The molecule has 1 aliphatic heterocycles. The van der Waals surface area contributed by atoms with Crippen molar-refractivity contribution >= 4 is 16.8 Å². The van der Waals surface area contributed by atoms with Gasteiger partial charge in [0.2, 0.25) is 5.43 Å². The number of likely N-dealkylation sites (tertiary alicyclic amines) is 1. The minimum absolute atomic E-state index is 0.189. The molecule has 1 aliphatic rings. The Hall–Kier alpha value is -2.96. The molecule has 1 amide bonds. The van der Waals surface area contributed by atoms with Crippen molar-refractivity contribution in [3.8, 4) is 0 Å². The summed E-state index contributed by atoms with van der Waals surface area (Å²) in [5.74, 6) is 1.08. The lowest BCUT2D eigenvalue weighted by Gasteiger charge is -2.23. The van der Waals surface area contributed by atoms with Crippen LogP contribution in [0.1, 0.15) is 46.5 Å². The second-order valence-corrected chi connectivity index (χ2v) is 6.94. The molecule has 0 saturated carbocycles. The number of nitrogens with zero attached hydrogens (tertiary/aromatic N) is 4. The second kappa shape index (κ2) is 6.09. The van der Waals surface area contributed by atoms with Crippen LogP contribution < -0.4 is 5.43 Å². The summed E-state index contributed by atoms with van der Waals surface area (Å²) in [6.45, 7) is 4.38. The van der Waals surface area contributed by atoms with E-state index in [0.717, 1.165) is 29.7 Å². The number of rotatable bonds is 2. The van der Waals surface area contributed by atoms with Crippen LogP contribution in [0, 0.1) is 13.8 Å². The first kappa shape index (κ1) is 16.5. The molecule has 0 aliphatic carbocycles. The number of carbonyl (C=O) groups excluding carboxylic acids is 1. The van der Waals surface area contributed by atoms with Crippen LogP contribution >= 0.6 is 0 Å². The Kier molecular flexibility index (Phi) is 3.86. The maximum atomic E-state index is 13.2. The van der Waals surface area contributed by atoms with Crippen LogP contribution in [0.15, 0.2) is 29.2 Å². The van der Waals surface area contributed by atoms with Gasteiger partial charge in [0.15, 0.2) is 5.82 Å². The quantitative estimate of drug-likeness (QED) is 0.767. The van der Waals surface area contributed by atoms with Gasteiger partial charge in [-0.3, -0.25) is 14.7 Å². The van der Waals surface area contributed by atoms with Gasteiger partial charge < -0.3 is 9.47 Å². The summed E-state index contributed by atoms with van der Waals surface area (Å²) in [6.07, 6.45) is 3.31. The van der Waals surface area contributed by atoms with E-state index in [-0.39, 0.29) is 22.9 Å². The zero-order valence-corrected chi connectivity index (χ0v) is 15.1. The van der Waals surface area contributed by atoms with E-state index >= 15 is 0 Å². The van der Waals surface area contributed by atoms with E-state index in [1.165, 1.54) is 0 Å². The normalized spacial score (nSPS) is 17.2. The fourth-order valence-electron chi connectivity index (χ4n) is 3.70. The van der Waals surface area contributed by atoms with Crippen molar-refractivity contribution in [2.45, 2.75) is 32.7 Å². The van der Waals surface area contributed by atoms with Gasteiger partial charge in [-0.05, 0) is 38.8 Å². The lowest BCUT2D eigenvalue weighted by molar-refractivity contribution is 0.0728. The number of fused-ring (bicyclic) bond motifs is 1. The highest BCUT2D eigenvalue weighted by Crippen LogP contribution is 2.31. The average Bonchev–Trinajstić information content (AvgIpc) is 3.26. The Bertz CT molecular complexity index is 1070. The highest BCUT2D eigenvalue weighted by molar-refractivity contribution is 5.97. The average molecular weight is 351 g/mol. The Balaban J connectivity index is 1.78. The number of H-pyrrole nitrogens is 1. The highest BCUT2D eigenvalue weighted by Gasteiger charge is 2.34. The van der Waals surface area contributed by atoms with E-state index in [9.17, 15) is 9.59 Å². The maximum Gasteiger partial charge on any atom is 0.259 e. The standard InChI is InChI=1S/C19H21N5O2/c1-11-6-7-15-13(9-11)17(25)14(10-23(15)3)19(26)24-8-4-5-16(24)18-20-12(2)21-22-18/h6-7,9-10,16H,4-5,8H2,1-3H3,(H,20,21,22)/t16-/m1/s1. The Morgan fingerprint density at radius 1 is 1.31 bits per heavy atom. The van der Waals surface area contributed by atoms with Crippen LogP contribution in [-0.4, -0.2) is 37.1 Å².